The molecule has 0 aromatic heterocycles. The van der Waals surface area contributed by atoms with Crippen molar-refractivity contribution >= 4 is 23.6 Å². The van der Waals surface area contributed by atoms with E-state index in [1.165, 1.54) is 20.8 Å². The number of ether oxygens (including phenoxy) is 1. The highest BCUT2D eigenvalue weighted by Crippen LogP contribution is 2.20. The molecular weight excluding hydrogens is 367 g/mol. The van der Waals surface area contributed by atoms with Crippen molar-refractivity contribution in [2.24, 2.45) is 0 Å². The highest BCUT2D eigenvalue weighted by Gasteiger charge is 2.32. The van der Waals surface area contributed by atoms with Crippen LogP contribution in [0, 0.1) is 5.82 Å². The first-order chi connectivity index (χ1) is 13.5. The minimum absolute atomic E-state index is 0.294. The monoisotopic (exact) mass is 392 g/mol. The Balaban J connectivity index is 1.49. The van der Waals surface area contributed by atoms with Crippen LogP contribution in [0.1, 0.15) is 6.92 Å². The molecule has 0 N–H and O–H groups in total. The standard InChI is InChI=1S/C19H25FN4O4/c1-2-28-19(27)24-13-11-23(12-14-24)18(26)17(25)22-9-7-21(8-10-22)16-6-4-3-5-15(16)20/h3-6H,2,7-14H2,1H3. The van der Waals surface area contributed by atoms with Gasteiger partial charge in [-0.25, -0.2) is 9.18 Å². The Kier molecular flexibility index (Phi) is 6.33. The third-order valence-electron chi connectivity index (χ3n) is 5.04. The van der Waals surface area contributed by atoms with E-state index in [1.807, 2.05) is 4.90 Å². The summed E-state index contributed by atoms with van der Waals surface area (Å²) in [6, 6.07) is 6.53. The average Bonchev–Trinajstić information content (AvgIpc) is 2.73. The molecule has 0 atom stereocenters. The summed E-state index contributed by atoms with van der Waals surface area (Å²) in [6.07, 6.45) is -0.398. The van der Waals surface area contributed by atoms with Crippen LogP contribution >= 0.6 is 0 Å². The zero-order valence-corrected chi connectivity index (χ0v) is 16.0. The maximum Gasteiger partial charge on any atom is 0.409 e. The molecule has 0 bridgehead atoms. The van der Waals surface area contributed by atoms with Crippen LogP contribution in [0.4, 0.5) is 14.9 Å². The lowest BCUT2D eigenvalue weighted by atomic mass is 10.2. The highest BCUT2D eigenvalue weighted by atomic mass is 19.1. The fraction of sp³-hybridized carbons (Fsp3) is 0.526. The van der Waals surface area contributed by atoms with Crippen LogP contribution in [-0.4, -0.2) is 91.6 Å². The van der Waals surface area contributed by atoms with E-state index >= 15 is 0 Å². The van der Waals surface area contributed by atoms with Crippen LogP contribution in [0.2, 0.25) is 0 Å². The van der Waals surface area contributed by atoms with E-state index in [0.29, 0.717) is 64.7 Å². The summed E-state index contributed by atoms with van der Waals surface area (Å²) in [5, 5.41) is 0. The Morgan fingerprint density at radius 3 is 1.89 bits per heavy atom. The number of hydrogen-bond donors (Lipinski definition) is 0. The van der Waals surface area contributed by atoms with Crippen LogP contribution in [0.3, 0.4) is 0 Å². The number of hydrogen-bond acceptors (Lipinski definition) is 5. The van der Waals surface area contributed by atoms with Gasteiger partial charge in [0.2, 0.25) is 0 Å². The molecule has 28 heavy (non-hydrogen) atoms. The molecule has 1 aromatic rings. The number of halogens is 1. The summed E-state index contributed by atoms with van der Waals surface area (Å²) in [5.41, 5.74) is 0.510. The Morgan fingerprint density at radius 2 is 1.36 bits per heavy atom. The fourth-order valence-electron chi connectivity index (χ4n) is 3.44. The van der Waals surface area contributed by atoms with Gasteiger partial charge in [-0.3, -0.25) is 9.59 Å². The first-order valence-electron chi connectivity index (χ1n) is 9.50. The quantitative estimate of drug-likeness (QED) is 0.696. The van der Waals surface area contributed by atoms with Crippen molar-refractivity contribution < 1.29 is 23.5 Å². The molecule has 2 heterocycles. The van der Waals surface area contributed by atoms with E-state index in [0.717, 1.165) is 0 Å². The largest absolute Gasteiger partial charge is 0.450 e. The summed E-state index contributed by atoms with van der Waals surface area (Å²) in [5.74, 6) is -1.39. The van der Waals surface area contributed by atoms with Crippen LogP contribution in [0.15, 0.2) is 24.3 Å². The summed E-state index contributed by atoms with van der Waals surface area (Å²) in [4.78, 5) is 43.2. The zero-order chi connectivity index (χ0) is 20.1. The summed E-state index contributed by atoms with van der Waals surface area (Å²) in [6.45, 7) is 5.00. The molecule has 8 nitrogen and oxygen atoms in total. The first kappa shape index (κ1) is 19.9. The predicted octanol–water partition coefficient (Wildman–Crippen LogP) is 0.775. The number of carbonyl (C=O) groups is 3. The van der Waals surface area contributed by atoms with Gasteiger partial charge in [0.1, 0.15) is 5.82 Å². The molecule has 3 amide bonds. The molecule has 2 fully saturated rings. The molecule has 0 unspecified atom stereocenters. The number of rotatable bonds is 2. The van der Waals surface area contributed by atoms with E-state index in [-0.39, 0.29) is 5.82 Å². The molecule has 0 saturated carbocycles. The van der Waals surface area contributed by atoms with Crippen LogP contribution < -0.4 is 4.90 Å². The minimum atomic E-state index is -0.553. The van der Waals surface area contributed by atoms with E-state index in [9.17, 15) is 18.8 Å². The first-order valence-corrected chi connectivity index (χ1v) is 9.50. The molecule has 2 aliphatic rings. The number of benzene rings is 1. The van der Waals surface area contributed by atoms with E-state index in [2.05, 4.69) is 0 Å². The number of anilines is 1. The van der Waals surface area contributed by atoms with Gasteiger partial charge in [-0.2, -0.15) is 0 Å². The van der Waals surface area contributed by atoms with Crippen molar-refractivity contribution in [2.45, 2.75) is 6.92 Å². The van der Waals surface area contributed by atoms with Crippen molar-refractivity contribution in [2.75, 3.05) is 63.9 Å². The van der Waals surface area contributed by atoms with Gasteiger partial charge < -0.3 is 24.3 Å². The Labute approximate surface area is 163 Å². The Hall–Kier alpha value is -2.84. The lowest BCUT2D eigenvalue weighted by molar-refractivity contribution is -0.152. The van der Waals surface area contributed by atoms with Crippen molar-refractivity contribution in [3.63, 3.8) is 0 Å². The lowest BCUT2D eigenvalue weighted by Crippen LogP contribution is -2.57. The van der Waals surface area contributed by atoms with E-state index in [4.69, 9.17) is 4.74 Å². The van der Waals surface area contributed by atoms with Gasteiger partial charge in [0.15, 0.2) is 0 Å². The molecular formula is C19H25FN4O4. The molecule has 2 saturated heterocycles. The SMILES string of the molecule is CCOC(=O)N1CCN(C(=O)C(=O)N2CCN(c3ccccc3F)CC2)CC1. The van der Waals surface area contributed by atoms with Gasteiger partial charge in [-0.1, -0.05) is 12.1 Å². The van der Waals surface area contributed by atoms with Crippen LogP contribution in [0.25, 0.3) is 0 Å². The molecule has 9 heteroatoms. The lowest BCUT2D eigenvalue weighted by Gasteiger charge is -2.38. The Bertz CT molecular complexity index is 728. The summed E-state index contributed by atoms with van der Waals surface area (Å²) >= 11 is 0. The topological polar surface area (TPSA) is 73.4 Å². The molecule has 2 aliphatic heterocycles. The second-order valence-electron chi connectivity index (χ2n) is 6.71. The van der Waals surface area contributed by atoms with Gasteiger partial charge >= 0.3 is 17.9 Å². The van der Waals surface area contributed by atoms with Crippen LogP contribution in [-0.2, 0) is 14.3 Å². The second-order valence-corrected chi connectivity index (χ2v) is 6.71. The van der Waals surface area contributed by atoms with Gasteiger partial charge in [0, 0.05) is 52.4 Å². The maximum absolute atomic E-state index is 13.9. The smallest absolute Gasteiger partial charge is 0.409 e. The van der Waals surface area contributed by atoms with Crippen molar-refractivity contribution in [3.05, 3.63) is 30.1 Å². The normalized spacial score (nSPS) is 17.5. The van der Waals surface area contributed by atoms with Crippen LogP contribution in [0.5, 0.6) is 0 Å². The van der Waals surface area contributed by atoms with E-state index < -0.39 is 17.9 Å². The fourth-order valence-corrected chi connectivity index (χ4v) is 3.44. The number of para-hydroxylation sites is 1. The van der Waals surface area contributed by atoms with Crippen molar-refractivity contribution in [1.82, 2.24) is 14.7 Å². The maximum atomic E-state index is 13.9. The predicted molar refractivity (Wildman–Crippen MR) is 100 cm³/mol. The average molecular weight is 392 g/mol. The van der Waals surface area contributed by atoms with Crippen molar-refractivity contribution in [3.8, 4) is 0 Å². The zero-order valence-electron chi connectivity index (χ0n) is 16.0. The van der Waals surface area contributed by atoms with Gasteiger partial charge in [-0.15, -0.1) is 0 Å². The van der Waals surface area contributed by atoms with E-state index in [1.54, 1.807) is 25.1 Å². The number of nitrogens with zero attached hydrogens (tertiary/aromatic N) is 4. The van der Waals surface area contributed by atoms with Gasteiger partial charge in [0.05, 0.1) is 12.3 Å². The van der Waals surface area contributed by atoms with Gasteiger partial charge in [0.25, 0.3) is 0 Å². The molecule has 1 aromatic carbocycles. The molecule has 0 aliphatic carbocycles. The summed E-state index contributed by atoms with van der Waals surface area (Å²) in [7, 11) is 0. The number of carbonyl (C=O) groups excluding carboxylic acids is 3. The number of piperazine rings is 2. The molecule has 0 radical (unpaired) electrons. The minimum Gasteiger partial charge on any atom is -0.450 e. The Morgan fingerprint density at radius 1 is 0.857 bits per heavy atom. The summed E-state index contributed by atoms with van der Waals surface area (Å²) < 4.78 is 18.9. The molecule has 3 rings (SSSR count). The third kappa shape index (κ3) is 4.35. The van der Waals surface area contributed by atoms with Crippen molar-refractivity contribution in [1.29, 1.82) is 0 Å². The second kappa shape index (κ2) is 8.90. The third-order valence-corrected chi connectivity index (χ3v) is 5.04. The highest BCUT2D eigenvalue weighted by molar-refractivity contribution is 6.35. The number of amides is 3. The van der Waals surface area contributed by atoms with Gasteiger partial charge in [-0.05, 0) is 19.1 Å². The molecule has 0 spiro atoms. The molecule has 152 valence electrons.